The molecule has 86 valence electrons. The topological polar surface area (TPSA) is 64.1 Å². The molecule has 2 atom stereocenters. The maximum Gasteiger partial charge on any atom is 0.256 e. The van der Waals surface area contributed by atoms with Gasteiger partial charge < -0.3 is 4.74 Å². The summed E-state index contributed by atoms with van der Waals surface area (Å²) in [5.74, 6) is 0.214. The van der Waals surface area contributed by atoms with Crippen LogP contribution in [0.3, 0.4) is 0 Å². The molecule has 0 saturated carbocycles. The molecule has 1 fully saturated rings. The Hall–Kier alpha value is -1.20. The van der Waals surface area contributed by atoms with E-state index in [-0.39, 0.29) is 17.8 Å². The Morgan fingerprint density at radius 1 is 1.69 bits per heavy atom. The molecular formula is C10H12ClN3O2. The lowest BCUT2D eigenvalue weighted by molar-refractivity contribution is -0.126. The zero-order chi connectivity index (χ0) is 11.5. The Morgan fingerprint density at radius 3 is 3.12 bits per heavy atom. The number of carbonyl (C=O) groups is 1. The van der Waals surface area contributed by atoms with Gasteiger partial charge >= 0.3 is 0 Å². The minimum Gasteiger partial charge on any atom is -0.368 e. The molecule has 5 nitrogen and oxygen atoms in total. The molecule has 1 amide bonds. The van der Waals surface area contributed by atoms with Crippen LogP contribution in [0.25, 0.3) is 0 Å². The first-order chi connectivity index (χ1) is 7.66. The maximum absolute atomic E-state index is 11.8. The lowest BCUT2D eigenvalue weighted by Gasteiger charge is -2.13. The molecule has 0 spiro atoms. The highest BCUT2D eigenvalue weighted by atomic mass is 35.5. The first-order valence-electron chi connectivity index (χ1n) is 5.08. The smallest absolute Gasteiger partial charge is 0.256 e. The number of carbonyl (C=O) groups excluding carboxylic acids is 1. The minimum absolute atomic E-state index is 0.209. The van der Waals surface area contributed by atoms with E-state index < -0.39 is 6.10 Å². The third kappa shape index (κ3) is 2.48. The summed E-state index contributed by atoms with van der Waals surface area (Å²) in [5, 5.41) is 2.88. The first kappa shape index (κ1) is 11.3. The zero-order valence-electron chi connectivity index (χ0n) is 8.81. The van der Waals surface area contributed by atoms with Gasteiger partial charge in [-0.3, -0.25) is 10.1 Å². The summed E-state index contributed by atoms with van der Waals surface area (Å²) in [5.41, 5.74) is 0. The van der Waals surface area contributed by atoms with Crippen LogP contribution in [0.2, 0.25) is 5.15 Å². The molecule has 0 bridgehead atoms. The number of anilines is 1. The van der Waals surface area contributed by atoms with E-state index in [1.54, 1.807) is 6.07 Å². The lowest BCUT2D eigenvalue weighted by Crippen LogP contribution is -2.31. The van der Waals surface area contributed by atoms with Crippen LogP contribution in [0.15, 0.2) is 12.3 Å². The van der Waals surface area contributed by atoms with E-state index in [2.05, 4.69) is 15.3 Å². The summed E-state index contributed by atoms with van der Waals surface area (Å²) >= 11 is 5.68. The fraction of sp³-hybridized carbons (Fsp3) is 0.500. The predicted octanol–water partition coefficient (Wildman–Crippen LogP) is 1.49. The SMILES string of the molecule is CC1CCOC1C(=O)Nc1nccc(Cl)n1. The van der Waals surface area contributed by atoms with Gasteiger partial charge in [-0.2, -0.15) is 0 Å². The van der Waals surface area contributed by atoms with Crippen LogP contribution in [0.5, 0.6) is 0 Å². The van der Waals surface area contributed by atoms with E-state index in [9.17, 15) is 4.79 Å². The number of nitrogens with zero attached hydrogens (tertiary/aromatic N) is 2. The Balaban J connectivity index is 2.02. The number of rotatable bonds is 2. The van der Waals surface area contributed by atoms with Gasteiger partial charge in [0, 0.05) is 12.8 Å². The van der Waals surface area contributed by atoms with Crippen molar-refractivity contribution in [2.45, 2.75) is 19.4 Å². The lowest BCUT2D eigenvalue weighted by atomic mass is 10.0. The number of hydrogen-bond donors (Lipinski definition) is 1. The number of halogens is 1. The molecular weight excluding hydrogens is 230 g/mol. The average molecular weight is 242 g/mol. The van der Waals surface area contributed by atoms with Crippen LogP contribution >= 0.6 is 11.6 Å². The second-order valence-corrected chi connectivity index (χ2v) is 4.14. The van der Waals surface area contributed by atoms with E-state index in [1.807, 2.05) is 6.92 Å². The van der Waals surface area contributed by atoms with Gasteiger partial charge in [-0.1, -0.05) is 18.5 Å². The Bertz CT molecular complexity index is 399. The van der Waals surface area contributed by atoms with Crippen molar-refractivity contribution in [1.29, 1.82) is 0 Å². The van der Waals surface area contributed by atoms with Crippen LogP contribution in [0, 0.1) is 5.92 Å². The highest BCUT2D eigenvalue weighted by Crippen LogP contribution is 2.21. The van der Waals surface area contributed by atoms with Gasteiger partial charge in [0.2, 0.25) is 5.95 Å². The number of aromatic nitrogens is 2. The summed E-state index contributed by atoms with van der Waals surface area (Å²) in [6, 6.07) is 1.55. The molecule has 1 aliphatic rings. The molecule has 1 aromatic rings. The number of ether oxygens (including phenoxy) is 1. The highest BCUT2D eigenvalue weighted by Gasteiger charge is 2.31. The van der Waals surface area contributed by atoms with Crippen LogP contribution in [-0.4, -0.2) is 28.6 Å². The highest BCUT2D eigenvalue weighted by molar-refractivity contribution is 6.29. The second kappa shape index (κ2) is 4.76. The standard InChI is InChI=1S/C10H12ClN3O2/c1-6-3-5-16-8(6)9(15)14-10-12-4-2-7(11)13-10/h2,4,6,8H,3,5H2,1H3,(H,12,13,14,15). The Morgan fingerprint density at radius 2 is 2.50 bits per heavy atom. The fourth-order valence-electron chi connectivity index (χ4n) is 1.61. The van der Waals surface area contributed by atoms with Gasteiger partial charge in [-0.25, -0.2) is 9.97 Å². The molecule has 1 N–H and O–H groups in total. The second-order valence-electron chi connectivity index (χ2n) is 3.75. The van der Waals surface area contributed by atoms with Gasteiger partial charge in [-0.15, -0.1) is 0 Å². The van der Waals surface area contributed by atoms with Gasteiger partial charge in [0.15, 0.2) is 0 Å². The quantitative estimate of drug-likeness (QED) is 0.797. The predicted molar refractivity (Wildman–Crippen MR) is 59.2 cm³/mol. The molecule has 2 heterocycles. The molecule has 16 heavy (non-hydrogen) atoms. The normalized spacial score (nSPS) is 24.4. The summed E-state index contributed by atoms with van der Waals surface area (Å²) in [6.07, 6.45) is 1.97. The van der Waals surface area contributed by atoms with Crippen molar-refractivity contribution in [2.24, 2.45) is 5.92 Å². The van der Waals surface area contributed by atoms with Gasteiger partial charge in [0.05, 0.1) is 0 Å². The molecule has 2 unspecified atom stereocenters. The number of hydrogen-bond acceptors (Lipinski definition) is 4. The average Bonchev–Trinajstić information content (AvgIpc) is 2.64. The van der Waals surface area contributed by atoms with Crippen molar-refractivity contribution >= 4 is 23.5 Å². The fourth-order valence-corrected chi connectivity index (χ4v) is 1.75. The molecule has 1 aromatic heterocycles. The largest absolute Gasteiger partial charge is 0.368 e. The first-order valence-corrected chi connectivity index (χ1v) is 5.45. The maximum atomic E-state index is 11.8. The van der Waals surface area contributed by atoms with Gasteiger partial charge in [0.1, 0.15) is 11.3 Å². The molecule has 0 radical (unpaired) electrons. The number of nitrogens with one attached hydrogen (secondary N) is 1. The van der Waals surface area contributed by atoms with Crippen LogP contribution in [0.1, 0.15) is 13.3 Å². The van der Waals surface area contributed by atoms with E-state index in [0.29, 0.717) is 11.8 Å². The van der Waals surface area contributed by atoms with Gasteiger partial charge in [-0.05, 0) is 18.4 Å². The third-order valence-electron chi connectivity index (χ3n) is 2.50. The molecule has 0 aromatic carbocycles. The van der Waals surface area contributed by atoms with Crippen molar-refractivity contribution in [2.75, 3.05) is 11.9 Å². The van der Waals surface area contributed by atoms with E-state index >= 15 is 0 Å². The molecule has 0 aliphatic carbocycles. The van der Waals surface area contributed by atoms with Crippen molar-refractivity contribution in [3.8, 4) is 0 Å². The summed E-state index contributed by atoms with van der Waals surface area (Å²) in [7, 11) is 0. The van der Waals surface area contributed by atoms with Crippen LogP contribution in [-0.2, 0) is 9.53 Å². The number of amides is 1. The van der Waals surface area contributed by atoms with Crippen LogP contribution in [0.4, 0.5) is 5.95 Å². The van der Waals surface area contributed by atoms with Crippen molar-refractivity contribution in [3.05, 3.63) is 17.4 Å². The summed E-state index contributed by atoms with van der Waals surface area (Å²) in [4.78, 5) is 19.5. The van der Waals surface area contributed by atoms with Gasteiger partial charge in [0.25, 0.3) is 5.91 Å². The summed E-state index contributed by atoms with van der Waals surface area (Å²) < 4.78 is 5.33. The molecule has 2 rings (SSSR count). The third-order valence-corrected chi connectivity index (χ3v) is 2.71. The van der Waals surface area contributed by atoms with E-state index in [1.165, 1.54) is 6.20 Å². The Labute approximate surface area is 98.2 Å². The van der Waals surface area contributed by atoms with E-state index in [4.69, 9.17) is 16.3 Å². The van der Waals surface area contributed by atoms with E-state index in [0.717, 1.165) is 6.42 Å². The van der Waals surface area contributed by atoms with Crippen molar-refractivity contribution in [1.82, 2.24) is 9.97 Å². The summed E-state index contributed by atoms with van der Waals surface area (Å²) in [6.45, 7) is 2.60. The minimum atomic E-state index is -0.414. The molecule has 6 heteroatoms. The van der Waals surface area contributed by atoms with Crippen molar-refractivity contribution in [3.63, 3.8) is 0 Å². The van der Waals surface area contributed by atoms with Crippen LogP contribution < -0.4 is 5.32 Å². The van der Waals surface area contributed by atoms with Crippen molar-refractivity contribution < 1.29 is 9.53 Å². The monoisotopic (exact) mass is 241 g/mol. The Kier molecular flexibility index (Phi) is 3.36. The molecule has 1 saturated heterocycles. The molecule has 1 aliphatic heterocycles. The zero-order valence-corrected chi connectivity index (χ0v) is 9.57.